The molecule has 1 aromatic heterocycles. The van der Waals surface area contributed by atoms with Gasteiger partial charge in [0, 0.05) is 0 Å². The standard InChI is InChI=1S/C15H11BrN4O/c1-21-13-6-5-10(7-11(13)16)20-12-4-2-3-9(8-17)14(12)19-15(20)18/h2-7H,1H3,(H2,18,19). The minimum absolute atomic E-state index is 0.338. The van der Waals surface area contributed by atoms with Crippen LogP contribution in [0.2, 0.25) is 0 Å². The van der Waals surface area contributed by atoms with Crippen molar-refractivity contribution < 1.29 is 4.74 Å². The number of nitrogens with zero attached hydrogens (tertiary/aromatic N) is 3. The first-order valence-corrected chi connectivity index (χ1v) is 6.96. The zero-order chi connectivity index (χ0) is 15.0. The average molecular weight is 343 g/mol. The predicted molar refractivity (Wildman–Crippen MR) is 84.4 cm³/mol. The smallest absolute Gasteiger partial charge is 0.205 e. The Hall–Kier alpha value is -2.52. The summed E-state index contributed by atoms with van der Waals surface area (Å²) in [6.07, 6.45) is 0. The van der Waals surface area contributed by atoms with E-state index in [9.17, 15) is 0 Å². The maximum absolute atomic E-state index is 9.15. The molecular weight excluding hydrogens is 332 g/mol. The minimum atomic E-state index is 0.338. The van der Waals surface area contributed by atoms with Gasteiger partial charge in [-0.1, -0.05) is 6.07 Å². The van der Waals surface area contributed by atoms with Crippen LogP contribution in [0.25, 0.3) is 16.7 Å². The molecule has 0 aliphatic rings. The molecule has 0 aliphatic carbocycles. The number of rotatable bonds is 2. The third kappa shape index (κ3) is 2.12. The molecule has 2 aromatic carbocycles. The van der Waals surface area contributed by atoms with Crippen molar-refractivity contribution in [2.24, 2.45) is 0 Å². The molecule has 0 amide bonds. The van der Waals surface area contributed by atoms with E-state index < -0.39 is 0 Å². The number of imidazole rings is 1. The highest BCUT2D eigenvalue weighted by atomic mass is 79.9. The molecule has 0 saturated carbocycles. The number of nitriles is 1. The monoisotopic (exact) mass is 342 g/mol. The van der Waals surface area contributed by atoms with E-state index in [1.807, 2.05) is 30.3 Å². The number of ether oxygens (including phenoxy) is 1. The second-order valence-corrected chi connectivity index (χ2v) is 5.26. The fraction of sp³-hybridized carbons (Fsp3) is 0.0667. The normalized spacial score (nSPS) is 10.5. The minimum Gasteiger partial charge on any atom is -0.496 e. The molecule has 3 rings (SSSR count). The Balaban J connectivity index is 2.28. The van der Waals surface area contributed by atoms with Gasteiger partial charge in [-0.3, -0.25) is 4.57 Å². The summed E-state index contributed by atoms with van der Waals surface area (Å²) in [5.74, 6) is 1.07. The Morgan fingerprint density at radius 2 is 2.14 bits per heavy atom. The summed E-state index contributed by atoms with van der Waals surface area (Å²) in [5.41, 5.74) is 8.77. The maximum atomic E-state index is 9.15. The van der Waals surface area contributed by atoms with E-state index in [1.165, 1.54) is 0 Å². The number of benzene rings is 2. The van der Waals surface area contributed by atoms with Gasteiger partial charge in [0.05, 0.1) is 28.4 Å². The summed E-state index contributed by atoms with van der Waals surface area (Å²) < 4.78 is 7.85. The van der Waals surface area contributed by atoms with Crippen molar-refractivity contribution in [2.45, 2.75) is 0 Å². The number of hydrogen-bond acceptors (Lipinski definition) is 4. The number of hydrogen-bond donors (Lipinski definition) is 1. The first kappa shape index (κ1) is 13.5. The second-order valence-electron chi connectivity index (χ2n) is 4.41. The van der Waals surface area contributed by atoms with Crippen LogP contribution < -0.4 is 10.5 Å². The third-order valence-corrected chi connectivity index (χ3v) is 3.84. The lowest BCUT2D eigenvalue weighted by molar-refractivity contribution is 0.412. The zero-order valence-corrected chi connectivity index (χ0v) is 12.8. The molecule has 104 valence electrons. The number of aromatic nitrogens is 2. The van der Waals surface area contributed by atoms with Gasteiger partial charge < -0.3 is 10.5 Å². The topological polar surface area (TPSA) is 76.9 Å². The molecule has 6 heteroatoms. The van der Waals surface area contributed by atoms with Crippen LogP contribution in [0.3, 0.4) is 0 Å². The summed E-state index contributed by atoms with van der Waals surface area (Å²) >= 11 is 3.46. The fourth-order valence-corrected chi connectivity index (χ4v) is 2.80. The van der Waals surface area contributed by atoms with Crippen molar-refractivity contribution in [3.63, 3.8) is 0 Å². The number of nitrogen functional groups attached to an aromatic ring is 1. The molecule has 0 fully saturated rings. The van der Waals surface area contributed by atoms with Crippen molar-refractivity contribution >= 4 is 32.9 Å². The SMILES string of the molecule is COc1ccc(-n2c(N)nc3c(C#N)cccc32)cc1Br. The molecule has 3 aromatic rings. The highest BCUT2D eigenvalue weighted by Crippen LogP contribution is 2.31. The second kappa shape index (κ2) is 5.11. The van der Waals surface area contributed by atoms with Crippen LogP contribution in [0.15, 0.2) is 40.9 Å². The van der Waals surface area contributed by atoms with Gasteiger partial charge in [-0.05, 0) is 46.3 Å². The molecule has 0 saturated heterocycles. The predicted octanol–water partition coefficient (Wildman–Crippen LogP) is 3.25. The van der Waals surface area contributed by atoms with Crippen molar-refractivity contribution in [1.29, 1.82) is 5.26 Å². The Kier molecular flexibility index (Phi) is 3.28. The van der Waals surface area contributed by atoms with Gasteiger partial charge in [0.2, 0.25) is 5.95 Å². The van der Waals surface area contributed by atoms with E-state index >= 15 is 0 Å². The molecule has 0 radical (unpaired) electrons. The number of anilines is 1. The summed E-state index contributed by atoms with van der Waals surface area (Å²) in [6.45, 7) is 0. The Bertz CT molecular complexity index is 879. The number of methoxy groups -OCH3 is 1. The van der Waals surface area contributed by atoms with Gasteiger partial charge in [0.15, 0.2) is 0 Å². The van der Waals surface area contributed by atoms with Crippen LogP contribution in [-0.2, 0) is 0 Å². The van der Waals surface area contributed by atoms with Crippen molar-refractivity contribution in [1.82, 2.24) is 9.55 Å². The van der Waals surface area contributed by atoms with Gasteiger partial charge in [0.1, 0.15) is 17.3 Å². The molecule has 1 heterocycles. The van der Waals surface area contributed by atoms with Crippen LogP contribution in [0, 0.1) is 11.3 Å². The highest BCUT2D eigenvalue weighted by molar-refractivity contribution is 9.10. The molecule has 0 unspecified atom stereocenters. The average Bonchev–Trinajstić information content (AvgIpc) is 2.82. The molecule has 21 heavy (non-hydrogen) atoms. The number of para-hydroxylation sites is 1. The lowest BCUT2D eigenvalue weighted by Gasteiger charge is -2.09. The van der Waals surface area contributed by atoms with E-state index in [1.54, 1.807) is 17.7 Å². The van der Waals surface area contributed by atoms with Gasteiger partial charge in [-0.15, -0.1) is 0 Å². The van der Waals surface area contributed by atoms with Crippen molar-refractivity contribution in [2.75, 3.05) is 12.8 Å². The van der Waals surface area contributed by atoms with E-state index in [2.05, 4.69) is 27.0 Å². The summed E-state index contributed by atoms with van der Waals surface area (Å²) in [7, 11) is 1.61. The van der Waals surface area contributed by atoms with Crippen LogP contribution in [-0.4, -0.2) is 16.7 Å². The molecule has 0 atom stereocenters. The molecule has 0 aliphatic heterocycles. The quantitative estimate of drug-likeness (QED) is 0.775. The van der Waals surface area contributed by atoms with Gasteiger partial charge >= 0.3 is 0 Å². The summed E-state index contributed by atoms with van der Waals surface area (Å²) in [6, 6.07) is 13.2. The van der Waals surface area contributed by atoms with Crippen molar-refractivity contribution in [3.8, 4) is 17.5 Å². The Labute approximate surface area is 129 Å². The number of fused-ring (bicyclic) bond motifs is 1. The molecule has 0 spiro atoms. The number of nitrogens with two attached hydrogens (primary N) is 1. The molecule has 2 N–H and O–H groups in total. The summed E-state index contributed by atoms with van der Waals surface area (Å²) in [4.78, 5) is 4.30. The first-order chi connectivity index (χ1) is 10.2. The molecule has 5 nitrogen and oxygen atoms in total. The maximum Gasteiger partial charge on any atom is 0.205 e. The lowest BCUT2D eigenvalue weighted by atomic mass is 10.2. The molecular formula is C15H11BrN4O. The zero-order valence-electron chi connectivity index (χ0n) is 11.2. The van der Waals surface area contributed by atoms with E-state index in [-0.39, 0.29) is 0 Å². The fourth-order valence-electron chi connectivity index (χ4n) is 2.27. The summed E-state index contributed by atoms with van der Waals surface area (Å²) in [5, 5.41) is 9.15. The Morgan fingerprint density at radius 3 is 2.81 bits per heavy atom. The first-order valence-electron chi connectivity index (χ1n) is 6.16. The van der Waals surface area contributed by atoms with Crippen LogP contribution in [0.1, 0.15) is 5.56 Å². The third-order valence-electron chi connectivity index (χ3n) is 3.23. The van der Waals surface area contributed by atoms with Crippen LogP contribution in [0.4, 0.5) is 5.95 Å². The van der Waals surface area contributed by atoms with Crippen molar-refractivity contribution in [3.05, 3.63) is 46.4 Å². The Morgan fingerprint density at radius 1 is 1.33 bits per heavy atom. The largest absolute Gasteiger partial charge is 0.496 e. The highest BCUT2D eigenvalue weighted by Gasteiger charge is 2.13. The van der Waals surface area contributed by atoms with Crippen LogP contribution in [0.5, 0.6) is 5.75 Å². The van der Waals surface area contributed by atoms with Gasteiger partial charge in [-0.25, -0.2) is 4.98 Å². The lowest BCUT2D eigenvalue weighted by Crippen LogP contribution is -2.00. The molecule has 0 bridgehead atoms. The van der Waals surface area contributed by atoms with Gasteiger partial charge in [0.25, 0.3) is 0 Å². The van der Waals surface area contributed by atoms with Gasteiger partial charge in [-0.2, -0.15) is 5.26 Å². The van der Waals surface area contributed by atoms with E-state index in [4.69, 9.17) is 15.7 Å². The number of halogens is 1. The van der Waals surface area contributed by atoms with E-state index in [0.29, 0.717) is 17.0 Å². The van der Waals surface area contributed by atoms with Crippen LogP contribution >= 0.6 is 15.9 Å². The van der Waals surface area contributed by atoms with E-state index in [0.717, 1.165) is 21.4 Å².